The second kappa shape index (κ2) is 5.44. The summed E-state index contributed by atoms with van der Waals surface area (Å²) in [6.45, 7) is 4.01. The first-order valence-corrected chi connectivity index (χ1v) is 8.62. The van der Waals surface area contributed by atoms with Crippen molar-refractivity contribution in [1.29, 1.82) is 0 Å². The summed E-state index contributed by atoms with van der Waals surface area (Å²) in [5.41, 5.74) is 0.766. The first-order chi connectivity index (χ1) is 11.5. The molecule has 3 unspecified atom stereocenters. The monoisotopic (exact) mass is 322 g/mol. The number of hydrogen-bond acceptors (Lipinski definition) is 3. The Hall–Kier alpha value is -2.16. The lowest BCUT2D eigenvalue weighted by Gasteiger charge is -2.43. The van der Waals surface area contributed by atoms with Gasteiger partial charge in [0.2, 0.25) is 0 Å². The fourth-order valence-electron chi connectivity index (χ4n) is 4.47. The lowest BCUT2D eigenvalue weighted by molar-refractivity contribution is -0.141. The van der Waals surface area contributed by atoms with Crippen molar-refractivity contribution in [2.45, 2.75) is 38.7 Å². The van der Waals surface area contributed by atoms with Gasteiger partial charge in [0.25, 0.3) is 0 Å². The Bertz CT molecular complexity index is 736. The smallest absolute Gasteiger partial charge is 0.144 e. The van der Waals surface area contributed by atoms with Gasteiger partial charge < -0.3 is 4.74 Å². The topological polar surface area (TPSA) is 43.4 Å². The Kier molecular flexibility index (Phi) is 3.48. The fraction of sp³-hybridized carbons (Fsp3) is 0.429. The van der Waals surface area contributed by atoms with E-state index in [2.05, 4.69) is 6.08 Å². The molecule has 4 rings (SSSR count). The van der Waals surface area contributed by atoms with Gasteiger partial charge in [-0.25, -0.2) is 0 Å². The number of ketones is 2. The van der Waals surface area contributed by atoms with Crippen LogP contribution in [0.1, 0.15) is 38.2 Å². The Morgan fingerprint density at radius 3 is 2.42 bits per heavy atom. The van der Waals surface area contributed by atoms with Crippen molar-refractivity contribution in [3.63, 3.8) is 0 Å². The molecule has 0 radical (unpaired) electrons. The van der Waals surface area contributed by atoms with E-state index >= 15 is 0 Å². The second-order valence-electron chi connectivity index (χ2n) is 7.92. The molecule has 124 valence electrons. The van der Waals surface area contributed by atoms with Gasteiger partial charge in [-0.3, -0.25) is 9.59 Å². The highest BCUT2D eigenvalue weighted by Gasteiger charge is 2.49. The van der Waals surface area contributed by atoms with Crippen molar-refractivity contribution in [3.05, 3.63) is 54.1 Å². The number of fused-ring (bicyclic) bond motifs is 2. The van der Waals surface area contributed by atoms with Crippen molar-refractivity contribution < 1.29 is 14.3 Å². The number of carbonyl (C=O) groups is 2. The van der Waals surface area contributed by atoms with E-state index < -0.39 is 5.92 Å². The minimum atomic E-state index is -0.549. The summed E-state index contributed by atoms with van der Waals surface area (Å²) in [5.74, 6) is 0.321. The summed E-state index contributed by atoms with van der Waals surface area (Å²) < 4.78 is 6.11. The molecule has 1 saturated carbocycles. The van der Waals surface area contributed by atoms with Crippen LogP contribution in [0.4, 0.5) is 0 Å². The SMILES string of the molecule is CC1(C)CC(=O)C(C2c3ccccc3OC3C=CC=CC32)C(=O)C1. The molecule has 0 bridgehead atoms. The molecular formula is C21H22O3. The highest BCUT2D eigenvalue weighted by atomic mass is 16.5. The molecule has 2 aliphatic carbocycles. The van der Waals surface area contributed by atoms with E-state index in [0.29, 0.717) is 12.8 Å². The van der Waals surface area contributed by atoms with E-state index in [4.69, 9.17) is 4.74 Å². The summed E-state index contributed by atoms with van der Waals surface area (Å²) in [6, 6.07) is 7.83. The molecule has 24 heavy (non-hydrogen) atoms. The third-order valence-corrected chi connectivity index (χ3v) is 5.44. The maximum atomic E-state index is 12.9. The molecule has 1 heterocycles. The molecule has 1 aromatic carbocycles. The van der Waals surface area contributed by atoms with E-state index in [1.54, 1.807) is 0 Å². The summed E-state index contributed by atoms with van der Waals surface area (Å²) in [6.07, 6.45) is 8.92. The number of allylic oxidation sites excluding steroid dienone is 2. The normalized spacial score (nSPS) is 31.3. The number of benzene rings is 1. The standard InChI is InChI=1S/C21H22O3/c1-21(2)11-15(22)20(16(23)12-21)19-13-7-3-5-9-17(13)24-18-10-6-4-8-14(18)19/h3-10,13,17,19-20H,11-12H2,1-2H3. The van der Waals surface area contributed by atoms with Crippen LogP contribution in [-0.2, 0) is 9.59 Å². The average Bonchev–Trinajstić information content (AvgIpc) is 2.52. The molecule has 1 aromatic rings. The Morgan fingerprint density at radius 1 is 1.00 bits per heavy atom. The number of carbonyl (C=O) groups excluding carboxylic acids is 2. The van der Waals surface area contributed by atoms with Crippen molar-refractivity contribution in [1.82, 2.24) is 0 Å². The quantitative estimate of drug-likeness (QED) is 0.738. The van der Waals surface area contributed by atoms with Crippen LogP contribution in [0.3, 0.4) is 0 Å². The Balaban J connectivity index is 1.80. The summed E-state index contributed by atoms with van der Waals surface area (Å²) >= 11 is 0. The van der Waals surface area contributed by atoms with Crippen molar-refractivity contribution in [3.8, 4) is 5.75 Å². The number of ether oxygens (including phenoxy) is 1. The molecule has 0 spiro atoms. The van der Waals surface area contributed by atoms with Crippen LogP contribution >= 0.6 is 0 Å². The predicted molar refractivity (Wildman–Crippen MR) is 91.9 cm³/mol. The minimum absolute atomic E-state index is 0.0315. The zero-order valence-electron chi connectivity index (χ0n) is 14.1. The van der Waals surface area contributed by atoms with Gasteiger partial charge in [0.05, 0.1) is 5.92 Å². The maximum Gasteiger partial charge on any atom is 0.144 e. The van der Waals surface area contributed by atoms with Gasteiger partial charge in [-0.2, -0.15) is 0 Å². The van der Waals surface area contributed by atoms with Crippen LogP contribution in [-0.4, -0.2) is 17.7 Å². The van der Waals surface area contributed by atoms with Crippen molar-refractivity contribution >= 4 is 11.6 Å². The van der Waals surface area contributed by atoms with Gasteiger partial charge in [-0.1, -0.05) is 50.3 Å². The van der Waals surface area contributed by atoms with Crippen molar-refractivity contribution in [2.24, 2.45) is 17.3 Å². The van der Waals surface area contributed by atoms with Gasteiger partial charge in [0, 0.05) is 24.7 Å². The zero-order chi connectivity index (χ0) is 16.9. The van der Waals surface area contributed by atoms with Gasteiger partial charge >= 0.3 is 0 Å². The third kappa shape index (κ3) is 2.43. The first kappa shape index (κ1) is 15.4. The van der Waals surface area contributed by atoms with Crippen LogP contribution in [0.15, 0.2) is 48.6 Å². The average molecular weight is 322 g/mol. The van der Waals surface area contributed by atoms with E-state index in [0.717, 1.165) is 11.3 Å². The van der Waals surface area contributed by atoms with Gasteiger partial charge in [-0.05, 0) is 23.1 Å². The number of para-hydroxylation sites is 1. The molecule has 0 N–H and O–H groups in total. The molecule has 3 heteroatoms. The molecule has 3 aliphatic rings. The van der Waals surface area contributed by atoms with E-state index in [1.165, 1.54) is 0 Å². The lowest BCUT2D eigenvalue weighted by atomic mass is 9.62. The third-order valence-electron chi connectivity index (χ3n) is 5.44. The Labute approximate surface area is 142 Å². The number of rotatable bonds is 1. The van der Waals surface area contributed by atoms with Crippen LogP contribution < -0.4 is 4.74 Å². The van der Waals surface area contributed by atoms with Crippen LogP contribution in [0.2, 0.25) is 0 Å². The first-order valence-electron chi connectivity index (χ1n) is 8.62. The maximum absolute atomic E-state index is 12.9. The minimum Gasteiger partial charge on any atom is -0.485 e. The molecule has 0 aromatic heterocycles. The molecule has 3 nitrogen and oxygen atoms in total. The molecule has 1 fully saturated rings. The van der Waals surface area contributed by atoms with Crippen LogP contribution in [0, 0.1) is 17.3 Å². The predicted octanol–water partition coefficient (Wildman–Crippen LogP) is 3.85. The van der Waals surface area contributed by atoms with Gasteiger partial charge in [0.15, 0.2) is 0 Å². The van der Waals surface area contributed by atoms with E-state index in [9.17, 15) is 9.59 Å². The molecule has 0 saturated heterocycles. The number of hydrogen-bond donors (Lipinski definition) is 0. The Morgan fingerprint density at radius 2 is 1.67 bits per heavy atom. The largest absolute Gasteiger partial charge is 0.485 e. The summed E-state index contributed by atoms with van der Waals surface area (Å²) in [5, 5.41) is 0. The number of Topliss-reactive ketones (excluding diaryl/α,β-unsaturated/α-hetero) is 2. The highest BCUT2D eigenvalue weighted by molar-refractivity contribution is 6.06. The van der Waals surface area contributed by atoms with Gasteiger partial charge in [0.1, 0.15) is 23.4 Å². The van der Waals surface area contributed by atoms with Gasteiger partial charge in [-0.15, -0.1) is 0 Å². The van der Waals surface area contributed by atoms with Crippen LogP contribution in [0.5, 0.6) is 5.75 Å². The summed E-state index contributed by atoms with van der Waals surface area (Å²) in [4.78, 5) is 25.8. The lowest BCUT2D eigenvalue weighted by Crippen LogP contribution is -2.46. The van der Waals surface area contributed by atoms with E-state index in [-0.39, 0.29) is 34.9 Å². The highest BCUT2D eigenvalue weighted by Crippen LogP contribution is 2.49. The zero-order valence-corrected chi connectivity index (χ0v) is 14.1. The van der Waals surface area contributed by atoms with Crippen LogP contribution in [0.25, 0.3) is 0 Å². The fourth-order valence-corrected chi connectivity index (χ4v) is 4.47. The van der Waals surface area contributed by atoms with Crippen molar-refractivity contribution in [2.75, 3.05) is 0 Å². The van der Waals surface area contributed by atoms with E-state index in [1.807, 2.05) is 56.3 Å². The molecule has 0 amide bonds. The molecular weight excluding hydrogens is 300 g/mol. The molecule has 1 aliphatic heterocycles. The molecule has 3 atom stereocenters. The summed E-state index contributed by atoms with van der Waals surface area (Å²) in [7, 11) is 0. The second-order valence-corrected chi connectivity index (χ2v) is 7.92.